The molecule has 0 saturated carbocycles. The van der Waals surface area contributed by atoms with Crippen molar-refractivity contribution in [1.29, 1.82) is 0 Å². The molecule has 5 heteroatoms. The number of para-hydroxylation sites is 1. The third-order valence-corrected chi connectivity index (χ3v) is 2.90. The first-order valence-electron chi connectivity index (χ1n) is 5.59. The zero-order valence-electron chi connectivity index (χ0n) is 9.84. The Kier molecular flexibility index (Phi) is 2.24. The number of benzene rings is 1. The molecule has 0 radical (unpaired) electrons. The average molecular weight is 230 g/mol. The van der Waals surface area contributed by atoms with Crippen LogP contribution in [0.25, 0.3) is 0 Å². The summed E-state index contributed by atoms with van der Waals surface area (Å²) in [7, 11) is 3.79. The normalized spacial score (nSPS) is 17.6. The molecule has 1 aliphatic heterocycles. The van der Waals surface area contributed by atoms with Gasteiger partial charge in [-0.25, -0.2) is 0 Å². The van der Waals surface area contributed by atoms with Gasteiger partial charge in [-0.1, -0.05) is 18.2 Å². The van der Waals surface area contributed by atoms with Gasteiger partial charge in [0.25, 0.3) is 11.8 Å². The minimum atomic E-state index is 0.0913. The number of hydrogen-bond donors (Lipinski definition) is 1. The lowest BCUT2D eigenvalue weighted by Gasteiger charge is -2.05. The first-order chi connectivity index (χ1) is 8.24. The van der Waals surface area contributed by atoms with Gasteiger partial charge in [-0.05, 0) is 16.8 Å². The molecule has 2 aromatic rings. The topological polar surface area (TPSA) is 54.2 Å². The van der Waals surface area contributed by atoms with Crippen LogP contribution in [-0.4, -0.2) is 24.2 Å². The second kappa shape index (κ2) is 3.76. The Hall–Kier alpha value is -2.04. The molecule has 1 atom stereocenters. The van der Waals surface area contributed by atoms with Crippen molar-refractivity contribution < 1.29 is 4.52 Å². The van der Waals surface area contributed by atoms with Crippen LogP contribution in [0.4, 0.5) is 11.6 Å². The number of hydrogen-bond acceptors (Lipinski definition) is 5. The van der Waals surface area contributed by atoms with E-state index in [0.29, 0.717) is 11.8 Å². The molecule has 1 unspecified atom stereocenters. The molecule has 3 rings (SSSR count). The maximum absolute atomic E-state index is 5.28. The van der Waals surface area contributed by atoms with Gasteiger partial charge in [0.1, 0.15) is 6.04 Å². The third kappa shape index (κ3) is 1.73. The van der Waals surface area contributed by atoms with Crippen LogP contribution in [0.3, 0.4) is 0 Å². The van der Waals surface area contributed by atoms with E-state index in [9.17, 15) is 0 Å². The molecule has 5 nitrogen and oxygen atoms in total. The number of rotatable bonds is 2. The molecule has 1 aliphatic rings. The zero-order chi connectivity index (χ0) is 11.8. The van der Waals surface area contributed by atoms with E-state index >= 15 is 0 Å². The van der Waals surface area contributed by atoms with E-state index in [0.717, 1.165) is 12.1 Å². The molecule has 0 spiro atoms. The molecule has 88 valence electrons. The highest BCUT2D eigenvalue weighted by Crippen LogP contribution is 2.33. The van der Waals surface area contributed by atoms with Crippen molar-refractivity contribution in [2.24, 2.45) is 0 Å². The van der Waals surface area contributed by atoms with Gasteiger partial charge >= 0.3 is 0 Å². The summed E-state index contributed by atoms with van der Waals surface area (Å²) in [6.07, 6.45) is 0.894. The van der Waals surface area contributed by atoms with Gasteiger partial charge in [0.2, 0.25) is 0 Å². The first-order valence-corrected chi connectivity index (χ1v) is 5.59. The highest BCUT2D eigenvalue weighted by Gasteiger charge is 2.26. The van der Waals surface area contributed by atoms with Crippen molar-refractivity contribution in [2.75, 3.05) is 24.3 Å². The Morgan fingerprint density at radius 3 is 2.88 bits per heavy atom. The summed E-state index contributed by atoms with van der Waals surface area (Å²) < 4.78 is 5.28. The lowest BCUT2D eigenvalue weighted by Crippen LogP contribution is -2.11. The highest BCUT2D eigenvalue weighted by molar-refractivity contribution is 5.57. The fraction of sp³-hybridized carbons (Fsp3) is 0.333. The largest absolute Gasteiger partial charge is 0.373 e. The van der Waals surface area contributed by atoms with Crippen molar-refractivity contribution in [1.82, 2.24) is 10.1 Å². The molecule has 1 aromatic carbocycles. The Labute approximate surface area is 99.4 Å². The van der Waals surface area contributed by atoms with Crippen molar-refractivity contribution in [2.45, 2.75) is 12.5 Å². The molecule has 0 bridgehead atoms. The summed E-state index contributed by atoms with van der Waals surface area (Å²) in [5.41, 5.74) is 2.45. The number of anilines is 2. The summed E-state index contributed by atoms with van der Waals surface area (Å²) in [6.45, 7) is 0. The summed E-state index contributed by atoms with van der Waals surface area (Å²) in [5.74, 6) is 1.25. The van der Waals surface area contributed by atoms with Gasteiger partial charge in [0.05, 0.1) is 0 Å². The monoisotopic (exact) mass is 230 g/mol. The third-order valence-electron chi connectivity index (χ3n) is 2.90. The van der Waals surface area contributed by atoms with Gasteiger partial charge in [-0.3, -0.25) is 0 Å². The molecule has 17 heavy (non-hydrogen) atoms. The minimum absolute atomic E-state index is 0.0913. The molecular weight excluding hydrogens is 216 g/mol. The van der Waals surface area contributed by atoms with Crippen LogP contribution in [0, 0.1) is 0 Å². The second-order valence-corrected chi connectivity index (χ2v) is 4.39. The Morgan fingerprint density at radius 1 is 1.35 bits per heavy atom. The maximum Gasteiger partial charge on any atom is 0.265 e. The van der Waals surface area contributed by atoms with Crippen LogP contribution >= 0.6 is 0 Å². The molecule has 1 N–H and O–H groups in total. The number of nitrogens with zero attached hydrogens (tertiary/aromatic N) is 3. The van der Waals surface area contributed by atoms with E-state index in [1.165, 1.54) is 5.56 Å². The van der Waals surface area contributed by atoms with Crippen molar-refractivity contribution in [3.63, 3.8) is 0 Å². The predicted molar refractivity (Wildman–Crippen MR) is 65.1 cm³/mol. The molecular formula is C12H14N4O. The van der Waals surface area contributed by atoms with Crippen LogP contribution in [-0.2, 0) is 6.42 Å². The smallest absolute Gasteiger partial charge is 0.265 e. The Balaban J connectivity index is 1.84. The fourth-order valence-electron chi connectivity index (χ4n) is 2.00. The van der Waals surface area contributed by atoms with Crippen molar-refractivity contribution >= 4 is 11.6 Å². The molecule has 0 fully saturated rings. The van der Waals surface area contributed by atoms with E-state index in [2.05, 4.69) is 27.6 Å². The standard InChI is InChI=1S/C12H14N4O/c1-16(2)12-14-11(17-15-12)10-7-8-5-3-4-6-9(8)13-10/h3-6,10,13H,7H2,1-2H3. The summed E-state index contributed by atoms with van der Waals surface area (Å²) >= 11 is 0. The lowest BCUT2D eigenvalue weighted by molar-refractivity contribution is 0.363. The molecule has 1 aromatic heterocycles. The van der Waals surface area contributed by atoms with Crippen LogP contribution < -0.4 is 10.2 Å². The summed E-state index contributed by atoms with van der Waals surface area (Å²) in [5, 5.41) is 7.31. The maximum atomic E-state index is 5.28. The van der Waals surface area contributed by atoms with Crippen LogP contribution in [0.5, 0.6) is 0 Å². The van der Waals surface area contributed by atoms with E-state index in [-0.39, 0.29) is 6.04 Å². The second-order valence-electron chi connectivity index (χ2n) is 4.39. The lowest BCUT2D eigenvalue weighted by atomic mass is 10.1. The van der Waals surface area contributed by atoms with Gasteiger partial charge < -0.3 is 14.7 Å². The minimum Gasteiger partial charge on any atom is -0.373 e. The van der Waals surface area contributed by atoms with Crippen molar-refractivity contribution in [3.05, 3.63) is 35.7 Å². The van der Waals surface area contributed by atoms with Crippen LogP contribution in [0.15, 0.2) is 28.8 Å². The molecule has 0 amide bonds. The van der Waals surface area contributed by atoms with Crippen molar-refractivity contribution in [3.8, 4) is 0 Å². The fourth-order valence-corrected chi connectivity index (χ4v) is 2.00. The number of aromatic nitrogens is 2. The number of nitrogens with one attached hydrogen (secondary N) is 1. The quantitative estimate of drug-likeness (QED) is 0.853. The van der Waals surface area contributed by atoms with E-state index < -0.39 is 0 Å². The Morgan fingerprint density at radius 2 is 2.18 bits per heavy atom. The first kappa shape index (κ1) is 10.1. The molecule has 2 heterocycles. The molecule has 0 saturated heterocycles. The summed E-state index contributed by atoms with van der Waals surface area (Å²) in [4.78, 5) is 6.19. The van der Waals surface area contributed by atoms with Crippen LogP contribution in [0.2, 0.25) is 0 Å². The van der Waals surface area contributed by atoms with Gasteiger partial charge in [-0.2, -0.15) is 4.98 Å². The van der Waals surface area contributed by atoms with Gasteiger partial charge in [-0.15, -0.1) is 0 Å². The predicted octanol–water partition coefficient (Wildman–Crippen LogP) is 1.84. The van der Waals surface area contributed by atoms with E-state index in [1.54, 1.807) is 0 Å². The number of fused-ring (bicyclic) bond motifs is 1. The zero-order valence-corrected chi connectivity index (χ0v) is 9.84. The van der Waals surface area contributed by atoms with E-state index in [4.69, 9.17) is 4.52 Å². The van der Waals surface area contributed by atoms with Gasteiger partial charge in [0, 0.05) is 26.2 Å². The van der Waals surface area contributed by atoms with E-state index in [1.807, 2.05) is 31.1 Å². The Bertz CT molecular complexity index is 510. The average Bonchev–Trinajstić information content (AvgIpc) is 2.95. The molecule has 0 aliphatic carbocycles. The highest BCUT2D eigenvalue weighted by atomic mass is 16.5. The summed E-state index contributed by atoms with van der Waals surface area (Å²) in [6, 6.07) is 8.34. The van der Waals surface area contributed by atoms with Crippen LogP contribution in [0.1, 0.15) is 17.5 Å². The van der Waals surface area contributed by atoms with Gasteiger partial charge in [0.15, 0.2) is 0 Å². The SMILES string of the molecule is CN(C)c1noc(C2Cc3ccccc3N2)n1.